The van der Waals surface area contributed by atoms with Crippen molar-refractivity contribution in [1.82, 2.24) is 5.32 Å². The Balaban J connectivity index is 2.84. The Morgan fingerprint density at radius 3 is 2.46 bits per heavy atom. The maximum atomic E-state index is 14.0. The van der Waals surface area contributed by atoms with Gasteiger partial charge in [-0.15, -0.1) is 11.8 Å². The van der Waals surface area contributed by atoms with E-state index in [1.165, 1.54) is 0 Å². The number of carbonyl (C=O) groups is 3. The average molecular weight is 388 g/mol. The minimum Gasteiger partial charge on any atom is -0.480 e. The Morgan fingerprint density at radius 2 is 1.96 bits per heavy atom. The van der Waals surface area contributed by atoms with Gasteiger partial charge in [0.1, 0.15) is 17.5 Å². The largest absolute Gasteiger partial charge is 0.480 e. The van der Waals surface area contributed by atoms with Gasteiger partial charge in [-0.05, 0) is 32.9 Å². The molecule has 0 saturated heterocycles. The van der Waals surface area contributed by atoms with Gasteiger partial charge in [0.05, 0.1) is 12.7 Å². The van der Waals surface area contributed by atoms with Gasteiger partial charge in [0.25, 0.3) is 0 Å². The molecule has 0 saturated carbocycles. The molecule has 0 aliphatic rings. The summed E-state index contributed by atoms with van der Waals surface area (Å²) >= 11 is 0.917. The topological polar surface area (TPSA) is 128 Å². The van der Waals surface area contributed by atoms with Crippen LogP contribution in [0.4, 0.5) is 14.9 Å². The molecule has 0 aliphatic heterocycles. The molecular weight excluding hydrogens is 367 g/mol. The Hall–Kier alpha value is -2.49. The Labute approximate surface area is 154 Å². The minimum absolute atomic E-state index is 0.0817. The van der Waals surface area contributed by atoms with Crippen LogP contribution in [-0.4, -0.2) is 47.6 Å². The number of carbonyl (C=O) groups excluding carboxylic acids is 2. The molecule has 4 N–H and O–H groups in total. The third-order valence-electron chi connectivity index (χ3n) is 2.90. The monoisotopic (exact) mass is 388 g/mol. The van der Waals surface area contributed by atoms with E-state index >= 15 is 0 Å². The lowest BCUT2D eigenvalue weighted by molar-refractivity contribution is -0.138. The van der Waals surface area contributed by atoms with Crippen molar-refractivity contribution in [1.29, 1.82) is 0 Å². The lowest BCUT2D eigenvalue weighted by Crippen LogP contribution is -2.44. The average Bonchev–Trinajstić information content (AvgIpc) is 2.51. The van der Waals surface area contributed by atoms with E-state index in [1.54, 1.807) is 20.8 Å². The minimum atomic E-state index is -1.28. The third-order valence-corrected chi connectivity index (χ3v) is 4.06. The van der Waals surface area contributed by atoms with E-state index in [-0.39, 0.29) is 21.9 Å². The number of alkyl carbamates (subject to hydrolysis) is 1. The molecule has 26 heavy (non-hydrogen) atoms. The van der Waals surface area contributed by atoms with Gasteiger partial charge >= 0.3 is 18.0 Å². The second-order valence-corrected chi connectivity index (χ2v) is 7.27. The molecule has 0 aromatic heterocycles. The lowest BCUT2D eigenvalue weighted by atomic mass is 10.2. The van der Waals surface area contributed by atoms with Crippen LogP contribution in [0.25, 0.3) is 0 Å². The van der Waals surface area contributed by atoms with Gasteiger partial charge in [0.2, 0.25) is 0 Å². The van der Waals surface area contributed by atoms with Crippen molar-refractivity contribution in [2.24, 2.45) is 0 Å². The predicted octanol–water partition coefficient (Wildman–Crippen LogP) is 2.26. The molecule has 0 spiro atoms. The molecule has 0 radical (unpaired) electrons. The highest BCUT2D eigenvalue weighted by Gasteiger charge is 2.25. The number of carboxylic acid groups (broad SMARTS) is 1. The van der Waals surface area contributed by atoms with Crippen molar-refractivity contribution in [3.05, 3.63) is 23.5 Å². The summed E-state index contributed by atoms with van der Waals surface area (Å²) in [5.74, 6) is -3.13. The van der Waals surface area contributed by atoms with Crippen LogP contribution in [0.5, 0.6) is 0 Å². The maximum absolute atomic E-state index is 14.0. The van der Waals surface area contributed by atoms with Gasteiger partial charge in [-0.2, -0.15) is 0 Å². The molecular formula is C16H21FN2O6S. The van der Waals surface area contributed by atoms with E-state index in [0.717, 1.165) is 31.0 Å². The third kappa shape index (κ3) is 6.43. The first-order chi connectivity index (χ1) is 11.9. The van der Waals surface area contributed by atoms with Crippen molar-refractivity contribution in [2.45, 2.75) is 37.3 Å². The second-order valence-electron chi connectivity index (χ2n) is 6.21. The van der Waals surface area contributed by atoms with Crippen LogP contribution in [0.1, 0.15) is 31.1 Å². The first-order valence-corrected chi connectivity index (χ1v) is 8.45. The summed E-state index contributed by atoms with van der Waals surface area (Å²) in [7, 11) is 1.11. The number of carboxylic acids is 1. The fraction of sp³-hybridized carbons (Fsp3) is 0.438. The highest BCUT2D eigenvalue weighted by atomic mass is 32.2. The number of methoxy groups -OCH3 is 1. The molecule has 1 aromatic carbocycles. The van der Waals surface area contributed by atoms with Crippen molar-refractivity contribution in [3.8, 4) is 0 Å². The summed E-state index contributed by atoms with van der Waals surface area (Å²) in [4.78, 5) is 34.7. The number of thioether (sulfide) groups is 1. The van der Waals surface area contributed by atoms with Crippen molar-refractivity contribution in [2.75, 3.05) is 18.6 Å². The predicted molar refractivity (Wildman–Crippen MR) is 93.7 cm³/mol. The zero-order chi connectivity index (χ0) is 20.1. The summed E-state index contributed by atoms with van der Waals surface area (Å²) in [6.07, 6.45) is -0.884. The van der Waals surface area contributed by atoms with Crippen molar-refractivity contribution in [3.63, 3.8) is 0 Å². The van der Waals surface area contributed by atoms with Crippen LogP contribution < -0.4 is 11.1 Å². The normalized spacial score (nSPS) is 12.2. The molecule has 0 aliphatic carbocycles. The number of halogens is 1. The molecule has 1 aromatic rings. The van der Waals surface area contributed by atoms with E-state index in [1.807, 2.05) is 0 Å². The molecule has 10 heteroatoms. The summed E-state index contributed by atoms with van der Waals surface area (Å²) in [5.41, 5.74) is 4.75. The molecule has 0 fully saturated rings. The number of ether oxygens (including phenoxy) is 2. The molecule has 1 rings (SSSR count). The Kier molecular flexibility index (Phi) is 7.25. The van der Waals surface area contributed by atoms with Crippen molar-refractivity contribution < 1.29 is 33.4 Å². The number of rotatable bonds is 6. The number of nitrogens with two attached hydrogens (primary N) is 1. The zero-order valence-electron chi connectivity index (χ0n) is 14.8. The highest BCUT2D eigenvalue weighted by molar-refractivity contribution is 7.99. The number of nitrogen functional groups attached to an aromatic ring is 1. The fourth-order valence-corrected chi connectivity index (χ4v) is 2.75. The van der Waals surface area contributed by atoms with Crippen LogP contribution in [-0.2, 0) is 14.3 Å². The number of nitrogens with one attached hydrogen (secondary N) is 1. The molecule has 1 atom stereocenters. The van der Waals surface area contributed by atoms with E-state index in [4.69, 9.17) is 10.5 Å². The first-order valence-electron chi connectivity index (χ1n) is 7.47. The summed E-state index contributed by atoms with van der Waals surface area (Å²) in [6.45, 7) is 4.93. The standard InChI is InChI=1S/C16H21FN2O6S/c1-16(2,3)25-15(23)19-11(13(20)21)7-26-12-6-9(17)8(5-10(12)18)14(22)24-4/h5-6,11H,7,18H2,1-4H3,(H,19,23)(H,20,21). The smallest absolute Gasteiger partial charge is 0.408 e. The van der Waals surface area contributed by atoms with Gasteiger partial charge in [-0.25, -0.2) is 18.8 Å². The van der Waals surface area contributed by atoms with Crippen molar-refractivity contribution >= 4 is 35.5 Å². The number of hydrogen-bond acceptors (Lipinski definition) is 7. The number of anilines is 1. The number of aliphatic carboxylic acids is 1. The van der Waals surface area contributed by atoms with Crippen LogP contribution in [0.2, 0.25) is 0 Å². The molecule has 0 heterocycles. The zero-order valence-corrected chi connectivity index (χ0v) is 15.6. The lowest BCUT2D eigenvalue weighted by Gasteiger charge is -2.22. The van der Waals surface area contributed by atoms with Crippen LogP contribution in [0.3, 0.4) is 0 Å². The van der Waals surface area contributed by atoms with Gasteiger partial charge in [0, 0.05) is 16.3 Å². The van der Waals surface area contributed by atoms with Crippen LogP contribution in [0, 0.1) is 5.82 Å². The summed E-state index contributed by atoms with van der Waals surface area (Å²) < 4.78 is 23.4. The second kappa shape index (κ2) is 8.75. The first kappa shape index (κ1) is 21.6. The van der Waals surface area contributed by atoms with E-state index < -0.39 is 35.5 Å². The number of esters is 1. The SMILES string of the molecule is COC(=O)c1cc(N)c(SCC(NC(=O)OC(C)(C)C)C(=O)O)cc1F. The van der Waals surface area contributed by atoms with Gasteiger partial charge in [0.15, 0.2) is 0 Å². The summed E-state index contributed by atoms with van der Waals surface area (Å²) in [5, 5.41) is 11.4. The van der Waals surface area contributed by atoms with E-state index in [9.17, 15) is 23.9 Å². The van der Waals surface area contributed by atoms with E-state index in [2.05, 4.69) is 10.1 Å². The molecule has 1 unspecified atom stereocenters. The quantitative estimate of drug-likeness (QED) is 0.385. The number of hydrogen-bond donors (Lipinski definition) is 3. The maximum Gasteiger partial charge on any atom is 0.408 e. The van der Waals surface area contributed by atoms with Gasteiger partial charge in [-0.1, -0.05) is 0 Å². The molecule has 0 bridgehead atoms. The molecule has 1 amide bonds. The number of benzene rings is 1. The summed E-state index contributed by atoms with van der Waals surface area (Å²) in [6, 6.07) is 0.844. The Morgan fingerprint density at radius 1 is 1.35 bits per heavy atom. The van der Waals surface area contributed by atoms with Gasteiger partial charge in [-0.3, -0.25) is 0 Å². The fourth-order valence-electron chi connectivity index (χ4n) is 1.76. The molecule has 144 valence electrons. The highest BCUT2D eigenvalue weighted by Crippen LogP contribution is 2.29. The van der Waals surface area contributed by atoms with Gasteiger partial charge < -0.3 is 25.6 Å². The van der Waals surface area contributed by atoms with Crippen LogP contribution in [0.15, 0.2) is 17.0 Å². The molecule has 8 nitrogen and oxygen atoms in total. The Bertz CT molecular complexity index is 705. The van der Waals surface area contributed by atoms with Crippen LogP contribution >= 0.6 is 11.8 Å². The van der Waals surface area contributed by atoms with E-state index in [0.29, 0.717) is 0 Å². The number of amides is 1.